The highest BCUT2D eigenvalue weighted by Gasteiger charge is 1.98. The molecule has 0 aromatic rings. The van der Waals surface area contributed by atoms with Crippen LogP contribution in [0.2, 0.25) is 0 Å². The highest BCUT2D eigenvalue weighted by Crippen LogP contribution is 2.11. The summed E-state index contributed by atoms with van der Waals surface area (Å²) in [5.41, 5.74) is 0. The van der Waals surface area contributed by atoms with E-state index in [2.05, 4.69) is 11.9 Å². The number of aliphatic imine (C=N–C) groups is 1. The Bertz CT molecular complexity index is 173. The SMILES string of the molecule is CCCCCCCCCCC(C)N=C=O. The van der Waals surface area contributed by atoms with E-state index < -0.39 is 0 Å². The van der Waals surface area contributed by atoms with Crippen LogP contribution in [0.5, 0.6) is 0 Å². The Morgan fingerprint density at radius 1 is 1.00 bits per heavy atom. The number of isocyanates is 1. The molecule has 0 amide bonds. The maximum Gasteiger partial charge on any atom is 0.235 e. The van der Waals surface area contributed by atoms with Crippen molar-refractivity contribution in [3.63, 3.8) is 0 Å². The molecule has 0 spiro atoms. The van der Waals surface area contributed by atoms with Crippen LogP contribution in [-0.2, 0) is 4.79 Å². The van der Waals surface area contributed by atoms with Gasteiger partial charge in [0.2, 0.25) is 6.08 Å². The highest BCUT2D eigenvalue weighted by atomic mass is 16.1. The Kier molecular flexibility index (Phi) is 11.0. The van der Waals surface area contributed by atoms with Gasteiger partial charge < -0.3 is 0 Å². The number of unbranched alkanes of at least 4 members (excludes halogenated alkanes) is 7. The van der Waals surface area contributed by atoms with Crippen molar-refractivity contribution in [3.05, 3.63) is 0 Å². The number of rotatable bonds is 10. The van der Waals surface area contributed by atoms with Gasteiger partial charge in [-0.3, -0.25) is 0 Å². The second kappa shape index (κ2) is 11.5. The first-order valence-electron chi connectivity index (χ1n) is 6.38. The zero-order valence-electron chi connectivity index (χ0n) is 10.3. The molecule has 15 heavy (non-hydrogen) atoms. The van der Waals surface area contributed by atoms with Crippen molar-refractivity contribution in [2.24, 2.45) is 4.99 Å². The number of hydrogen-bond donors (Lipinski definition) is 0. The molecule has 2 heteroatoms. The van der Waals surface area contributed by atoms with Crippen molar-refractivity contribution < 1.29 is 4.79 Å². The molecule has 0 saturated carbocycles. The predicted octanol–water partition coefficient (Wildman–Crippen LogP) is 4.24. The quantitative estimate of drug-likeness (QED) is 0.302. The lowest BCUT2D eigenvalue weighted by molar-refractivity contribution is 0.531. The van der Waals surface area contributed by atoms with E-state index in [1.807, 2.05) is 6.92 Å². The van der Waals surface area contributed by atoms with Crippen LogP contribution >= 0.6 is 0 Å². The third-order valence-corrected chi connectivity index (χ3v) is 2.75. The summed E-state index contributed by atoms with van der Waals surface area (Å²) in [6, 6.07) is 0.169. The van der Waals surface area contributed by atoms with E-state index in [0.717, 1.165) is 6.42 Å². The summed E-state index contributed by atoms with van der Waals surface area (Å²) in [7, 11) is 0. The lowest BCUT2D eigenvalue weighted by Crippen LogP contribution is -1.96. The van der Waals surface area contributed by atoms with Crippen LogP contribution < -0.4 is 0 Å². The Morgan fingerprint density at radius 2 is 1.53 bits per heavy atom. The summed E-state index contributed by atoms with van der Waals surface area (Å²) < 4.78 is 0. The molecular weight excluding hydrogens is 186 g/mol. The van der Waals surface area contributed by atoms with Crippen molar-refractivity contribution in [2.75, 3.05) is 0 Å². The molecule has 0 aliphatic heterocycles. The summed E-state index contributed by atoms with van der Waals surface area (Å²) >= 11 is 0. The molecule has 0 aliphatic rings. The van der Waals surface area contributed by atoms with Gasteiger partial charge in [-0.1, -0.05) is 58.3 Å². The van der Waals surface area contributed by atoms with Crippen molar-refractivity contribution in [2.45, 2.75) is 77.7 Å². The summed E-state index contributed by atoms with van der Waals surface area (Å²) in [5, 5.41) is 0. The van der Waals surface area contributed by atoms with E-state index >= 15 is 0 Å². The highest BCUT2D eigenvalue weighted by molar-refractivity contribution is 5.33. The molecule has 0 bridgehead atoms. The van der Waals surface area contributed by atoms with Crippen LogP contribution in [0.4, 0.5) is 0 Å². The summed E-state index contributed by atoms with van der Waals surface area (Å²) in [4.78, 5) is 13.6. The van der Waals surface area contributed by atoms with E-state index in [4.69, 9.17) is 0 Å². The molecule has 0 N–H and O–H groups in total. The van der Waals surface area contributed by atoms with E-state index in [1.54, 1.807) is 6.08 Å². The largest absolute Gasteiger partial charge is 0.235 e. The first kappa shape index (κ1) is 14.4. The lowest BCUT2D eigenvalue weighted by atomic mass is 10.1. The maximum absolute atomic E-state index is 9.96. The number of nitrogens with zero attached hydrogens (tertiary/aromatic N) is 1. The normalized spacial score (nSPS) is 12.1. The van der Waals surface area contributed by atoms with Gasteiger partial charge in [-0.2, -0.15) is 0 Å². The van der Waals surface area contributed by atoms with Crippen molar-refractivity contribution >= 4 is 6.08 Å². The fourth-order valence-corrected chi connectivity index (χ4v) is 1.73. The standard InChI is InChI=1S/C13H25NO/c1-3-4-5-6-7-8-9-10-11-13(2)14-12-15/h13H,3-11H2,1-2H3. The summed E-state index contributed by atoms with van der Waals surface area (Å²) in [5.74, 6) is 0. The van der Waals surface area contributed by atoms with Gasteiger partial charge in [0.15, 0.2) is 0 Å². The zero-order valence-corrected chi connectivity index (χ0v) is 10.3. The van der Waals surface area contributed by atoms with Crippen molar-refractivity contribution in [3.8, 4) is 0 Å². The van der Waals surface area contributed by atoms with Crippen molar-refractivity contribution in [1.29, 1.82) is 0 Å². The van der Waals surface area contributed by atoms with E-state index in [0.29, 0.717) is 0 Å². The molecule has 1 unspecified atom stereocenters. The van der Waals surface area contributed by atoms with Crippen LogP contribution in [0, 0.1) is 0 Å². The third kappa shape index (κ3) is 11.3. The zero-order chi connectivity index (χ0) is 11.4. The van der Waals surface area contributed by atoms with Gasteiger partial charge in [-0.25, -0.2) is 9.79 Å². The Morgan fingerprint density at radius 3 is 2.07 bits per heavy atom. The Balaban J connectivity index is 3.07. The molecule has 1 atom stereocenters. The second-order valence-corrected chi connectivity index (χ2v) is 4.33. The summed E-state index contributed by atoms with van der Waals surface area (Å²) in [6.45, 7) is 4.22. The van der Waals surface area contributed by atoms with Gasteiger partial charge >= 0.3 is 0 Å². The van der Waals surface area contributed by atoms with Gasteiger partial charge in [-0.05, 0) is 13.3 Å². The minimum atomic E-state index is 0.169. The third-order valence-electron chi connectivity index (χ3n) is 2.75. The fraction of sp³-hybridized carbons (Fsp3) is 0.923. The molecule has 0 fully saturated rings. The Hall–Kier alpha value is -0.620. The van der Waals surface area contributed by atoms with Gasteiger partial charge in [0, 0.05) is 0 Å². The van der Waals surface area contributed by atoms with E-state index in [-0.39, 0.29) is 6.04 Å². The average Bonchev–Trinajstić information content (AvgIpc) is 2.22. The average molecular weight is 211 g/mol. The van der Waals surface area contributed by atoms with Gasteiger partial charge in [0.1, 0.15) is 0 Å². The molecule has 0 radical (unpaired) electrons. The number of carbonyl (C=O) groups excluding carboxylic acids is 1. The van der Waals surface area contributed by atoms with Crippen LogP contribution in [-0.4, -0.2) is 12.1 Å². The first-order chi connectivity index (χ1) is 7.31. The lowest BCUT2D eigenvalue weighted by Gasteiger charge is -2.03. The van der Waals surface area contributed by atoms with Gasteiger partial charge in [0.05, 0.1) is 6.04 Å². The van der Waals surface area contributed by atoms with Crippen LogP contribution in [0.1, 0.15) is 71.6 Å². The second-order valence-electron chi connectivity index (χ2n) is 4.33. The molecule has 0 saturated heterocycles. The van der Waals surface area contributed by atoms with Crippen LogP contribution in [0.25, 0.3) is 0 Å². The molecule has 0 aliphatic carbocycles. The van der Waals surface area contributed by atoms with Gasteiger partial charge in [-0.15, -0.1) is 0 Å². The molecule has 0 rings (SSSR count). The fourth-order valence-electron chi connectivity index (χ4n) is 1.73. The maximum atomic E-state index is 9.96. The van der Waals surface area contributed by atoms with E-state index in [9.17, 15) is 4.79 Å². The minimum Gasteiger partial charge on any atom is -0.211 e. The van der Waals surface area contributed by atoms with E-state index in [1.165, 1.54) is 51.4 Å². The molecular formula is C13H25NO. The Labute approximate surface area is 94.2 Å². The van der Waals surface area contributed by atoms with Crippen LogP contribution in [0.3, 0.4) is 0 Å². The predicted molar refractivity (Wildman–Crippen MR) is 64.8 cm³/mol. The molecule has 0 aromatic carbocycles. The number of hydrogen-bond acceptors (Lipinski definition) is 2. The molecule has 2 nitrogen and oxygen atoms in total. The molecule has 88 valence electrons. The van der Waals surface area contributed by atoms with Gasteiger partial charge in [0.25, 0.3) is 0 Å². The minimum absolute atomic E-state index is 0.169. The molecule has 0 heterocycles. The topological polar surface area (TPSA) is 29.4 Å². The monoisotopic (exact) mass is 211 g/mol. The van der Waals surface area contributed by atoms with Crippen LogP contribution in [0.15, 0.2) is 4.99 Å². The smallest absolute Gasteiger partial charge is 0.211 e. The summed E-state index contributed by atoms with van der Waals surface area (Å²) in [6.07, 6.45) is 13.3. The van der Waals surface area contributed by atoms with Crippen molar-refractivity contribution in [1.82, 2.24) is 0 Å². The first-order valence-corrected chi connectivity index (χ1v) is 6.38. The molecule has 0 aromatic heterocycles.